The minimum atomic E-state index is -0.333. The Balaban J connectivity index is 1.60. The second-order valence-corrected chi connectivity index (χ2v) is 5.81. The van der Waals surface area contributed by atoms with Crippen LogP contribution in [-0.4, -0.2) is 25.1 Å². The van der Waals surface area contributed by atoms with Gasteiger partial charge in [0.2, 0.25) is 5.88 Å². The highest BCUT2D eigenvalue weighted by Crippen LogP contribution is 2.24. The van der Waals surface area contributed by atoms with Gasteiger partial charge in [-0.2, -0.15) is 0 Å². The van der Waals surface area contributed by atoms with Crippen LogP contribution in [0.1, 0.15) is 15.9 Å². The zero-order valence-electron chi connectivity index (χ0n) is 15.4. The van der Waals surface area contributed by atoms with E-state index >= 15 is 0 Å². The van der Waals surface area contributed by atoms with Crippen molar-refractivity contribution in [1.29, 1.82) is 0 Å². The molecule has 1 aromatic heterocycles. The van der Waals surface area contributed by atoms with Gasteiger partial charge < -0.3 is 19.5 Å². The fourth-order valence-corrected chi connectivity index (χ4v) is 2.46. The Morgan fingerprint density at radius 2 is 1.75 bits per heavy atom. The molecule has 0 radical (unpaired) electrons. The van der Waals surface area contributed by atoms with E-state index in [-0.39, 0.29) is 18.3 Å². The SMILES string of the molecule is COc1ccc(C(=O)NCc2ccc(Oc3ccc(F)cc3)nc2)c(OC)c1. The number of rotatable bonds is 7. The Morgan fingerprint density at radius 1 is 1.00 bits per heavy atom. The molecule has 0 unspecified atom stereocenters. The third kappa shape index (κ3) is 4.76. The number of halogens is 1. The fraction of sp³-hybridized carbons (Fsp3) is 0.143. The summed E-state index contributed by atoms with van der Waals surface area (Å²) in [5.74, 6) is 1.29. The number of carbonyl (C=O) groups excluding carboxylic acids is 1. The number of hydrogen-bond donors (Lipinski definition) is 1. The van der Waals surface area contributed by atoms with Gasteiger partial charge in [0.15, 0.2) is 0 Å². The fourth-order valence-electron chi connectivity index (χ4n) is 2.46. The predicted molar refractivity (Wildman–Crippen MR) is 101 cm³/mol. The number of carbonyl (C=O) groups is 1. The summed E-state index contributed by atoms with van der Waals surface area (Å²) in [6, 6.07) is 14.1. The molecule has 0 fully saturated rings. The van der Waals surface area contributed by atoms with Crippen LogP contribution in [0.4, 0.5) is 4.39 Å². The van der Waals surface area contributed by atoms with E-state index in [1.807, 2.05) is 0 Å². The molecule has 1 amide bonds. The van der Waals surface area contributed by atoms with Crippen molar-refractivity contribution in [2.75, 3.05) is 14.2 Å². The highest BCUT2D eigenvalue weighted by atomic mass is 19.1. The average molecular weight is 382 g/mol. The maximum absolute atomic E-state index is 12.9. The molecule has 6 nitrogen and oxygen atoms in total. The summed E-state index contributed by atoms with van der Waals surface area (Å²) in [6.45, 7) is 0.290. The lowest BCUT2D eigenvalue weighted by molar-refractivity contribution is 0.0948. The first kappa shape index (κ1) is 19.2. The van der Waals surface area contributed by atoms with Crippen LogP contribution in [-0.2, 0) is 6.54 Å². The standard InChI is InChI=1S/C21H19FN2O4/c1-26-17-8-9-18(19(11-17)27-2)21(25)24-13-14-3-10-20(23-12-14)28-16-6-4-15(22)5-7-16/h3-12H,13H2,1-2H3,(H,24,25). The number of benzene rings is 2. The lowest BCUT2D eigenvalue weighted by Crippen LogP contribution is -2.23. The summed E-state index contributed by atoms with van der Waals surface area (Å²) in [4.78, 5) is 16.6. The summed E-state index contributed by atoms with van der Waals surface area (Å²) in [5, 5.41) is 2.82. The van der Waals surface area contributed by atoms with Crippen LogP contribution in [0.3, 0.4) is 0 Å². The van der Waals surface area contributed by atoms with Crippen LogP contribution in [0, 0.1) is 5.82 Å². The molecule has 1 N–H and O–H groups in total. The first-order chi connectivity index (χ1) is 13.6. The van der Waals surface area contributed by atoms with Crippen molar-refractivity contribution in [3.8, 4) is 23.1 Å². The van der Waals surface area contributed by atoms with E-state index in [1.54, 1.807) is 43.6 Å². The van der Waals surface area contributed by atoms with E-state index in [4.69, 9.17) is 14.2 Å². The third-order valence-electron chi connectivity index (χ3n) is 3.94. The van der Waals surface area contributed by atoms with Gasteiger partial charge in [0.05, 0.1) is 19.8 Å². The Morgan fingerprint density at radius 3 is 2.39 bits per heavy atom. The van der Waals surface area contributed by atoms with Crippen LogP contribution < -0.4 is 19.5 Å². The third-order valence-corrected chi connectivity index (χ3v) is 3.94. The van der Waals surface area contributed by atoms with Gasteiger partial charge in [0.1, 0.15) is 23.1 Å². The zero-order chi connectivity index (χ0) is 19.9. The van der Waals surface area contributed by atoms with Gasteiger partial charge in [-0.25, -0.2) is 9.37 Å². The van der Waals surface area contributed by atoms with Crippen LogP contribution in [0.25, 0.3) is 0 Å². The second kappa shape index (κ2) is 8.85. The molecule has 0 saturated carbocycles. The number of nitrogens with one attached hydrogen (secondary N) is 1. The molecular formula is C21H19FN2O4. The molecule has 0 spiro atoms. The van der Waals surface area contributed by atoms with E-state index in [9.17, 15) is 9.18 Å². The Kier molecular flexibility index (Phi) is 6.06. The van der Waals surface area contributed by atoms with E-state index in [2.05, 4.69) is 10.3 Å². The molecule has 3 rings (SSSR count). The van der Waals surface area contributed by atoms with Crippen LogP contribution in [0.15, 0.2) is 60.8 Å². The van der Waals surface area contributed by atoms with Gasteiger partial charge in [-0.15, -0.1) is 0 Å². The molecule has 2 aromatic carbocycles. The summed E-state index contributed by atoms with van der Waals surface area (Å²) in [7, 11) is 3.04. The summed E-state index contributed by atoms with van der Waals surface area (Å²) < 4.78 is 28.8. The number of amides is 1. The summed E-state index contributed by atoms with van der Waals surface area (Å²) >= 11 is 0. The molecule has 3 aromatic rings. The largest absolute Gasteiger partial charge is 0.497 e. The Hall–Kier alpha value is -3.61. The summed E-state index contributed by atoms with van der Waals surface area (Å²) in [5.41, 5.74) is 1.21. The molecule has 7 heteroatoms. The van der Waals surface area contributed by atoms with Crippen molar-refractivity contribution in [2.24, 2.45) is 0 Å². The Labute approximate surface area is 161 Å². The number of aromatic nitrogens is 1. The van der Waals surface area contributed by atoms with Crippen molar-refractivity contribution < 1.29 is 23.4 Å². The lowest BCUT2D eigenvalue weighted by Gasteiger charge is -2.11. The number of nitrogens with zero attached hydrogens (tertiary/aromatic N) is 1. The molecule has 1 heterocycles. The van der Waals surface area contributed by atoms with Crippen molar-refractivity contribution in [3.05, 3.63) is 77.7 Å². The topological polar surface area (TPSA) is 69.7 Å². The van der Waals surface area contributed by atoms with Crippen molar-refractivity contribution in [1.82, 2.24) is 10.3 Å². The summed E-state index contributed by atoms with van der Waals surface area (Å²) in [6.07, 6.45) is 1.60. The number of ether oxygens (including phenoxy) is 3. The smallest absolute Gasteiger partial charge is 0.255 e. The first-order valence-electron chi connectivity index (χ1n) is 8.47. The zero-order valence-corrected chi connectivity index (χ0v) is 15.4. The van der Waals surface area contributed by atoms with Gasteiger partial charge in [-0.05, 0) is 42.0 Å². The molecule has 0 aliphatic heterocycles. The minimum absolute atomic E-state index is 0.272. The van der Waals surface area contributed by atoms with Gasteiger partial charge >= 0.3 is 0 Å². The average Bonchev–Trinajstić information content (AvgIpc) is 2.74. The van der Waals surface area contributed by atoms with Crippen LogP contribution in [0.2, 0.25) is 0 Å². The monoisotopic (exact) mass is 382 g/mol. The van der Waals surface area contributed by atoms with Crippen molar-refractivity contribution in [3.63, 3.8) is 0 Å². The minimum Gasteiger partial charge on any atom is -0.497 e. The van der Waals surface area contributed by atoms with E-state index in [0.29, 0.717) is 28.7 Å². The molecule has 28 heavy (non-hydrogen) atoms. The number of pyridine rings is 1. The van der Waals surface area contributed by atoms with Gasteiger partial charge in [0, 0.05) is 24.9 Å². The maximum Gasteiger partial charge on any atom is 0.255 e. The first-order valence-corrected chi connectivity index (χ1v) is 8.47. The molecule has 0 atom stereocenters. The highest BCUT2D eigenvalue weighted by Gasteiger charge is 2.13. The number of methoxy groups -OCH3 is 2. The normalized spacial score (nSPS) is 10.2. The Bertz CT molecular complexity index is 944. The molecule has 0 saturated heterocycles. The van der Waals surface area contributed by atoms with E-state index < -0.39 is 0 Å². The van der Waals surface area contributed by atoms with Crippen LogP contribution >= 0.6 is 0 Å². The molecule has 0 bridgehead atoms. The number of hydrogen-bond acceptors (Lipinski definition) is 5. The molecule has 0 aliphatic carbocycles. The van der Waals surface area contributed by atoms with Crippen molar-refractivity contribution in [2.45, 2.75) is 6.54 Å². The van der Waals surface area contributed by atoms with E-state index in [0.717, 1.165) is 5.56 Å². The second-order valence-electron chi connectivity index (χ2n) is 5.81. The molecule has 144 valence electrons. The van der Waals surface area contributed by atoms with Gasteiger partial charge in [0.25, 0.3) is 5.91 Å². The predicted octanol–water partition coefficient (Wildman–Crippen LogP) is 3.96. The maximum atomic E-state index is 12.9. The van der Waals surface area contributed by atoms with Gasteiger partial charge in [-0.1, -0.05) is 6.07 Å². The highest BCUT2D eigenvalue weighted by molar-refractivity contribution is 5.97. The van der Waals surface area contributed by atoms with Crippen LogP contribution in [0.5, 0.6) is 23.1 Å². The quantitative estimate of drug-likeness (QED) is 0.670. The molecule has 0 aliphatic rings. The molecular weight excluding hydrogens is 363 g/mol. The lowest BCUT2D eigenvalue weighted by atomic mass is 10.1. The van der Waals surface area contributed by atoms with E-state index in [1.165, 1.54) is 31.4 Å². The van der Waals surface area contributed by atoms with Crippen molar-refractivity contribution >= 4 is 5.91 Å². The van der Waals surface area contributed by atoms with Gasteiger partial charge in [-0.3, -0.25) is 4.79 Å².